The number of carbonyl (C=O) groups is 1. The molecule has 0 aliphatic heterocycles. The fourth-order valence-corrected chi connectivity index (χ4v) is 1.09. The van der Waals surface area contributed by atoms with Crippen molar-refractivity contribution in [1.82, 2.24) is 4.98 Å². The van der Waals surface area contributed by atoms with Gasteiger partial charge in [-0.25, -0.2) is 4.98 Å². The van der Waals surface area contributed by atoms with Crippen molar-refractivity contribution >= 4 is 23.2 Å². The molecule has 1 rings (SSSR count). The maximum atomic E-state index is 11.3. The Balaban J connectivity index is 2.59. The molecule has 1 aromatic rings. The van der Waals surface area contributed by atoms with Crippen LogP contribution in [-0.2, 0) is 4.79 Å². The number of anilines is 1. The highest BCUT2D eigenvalue weighted by molar-refractivity contribution is 6.29. The van der Waals surface area contributed by atoms with E-state index < -0.39 is 0 Å². The monoisotopic (exact) mass is 222 g/mol. The Bertz CT molecular complexity index is 399. The molecule has 1 aromatic heterocycles. The van der Waals surface area contributed by atoms with Crippen LogP contribution >= 0.6 is 11.6 Å². The zero-order valence-electron chi connectivity index (χ0n) is 8.27. The van der Waals surface area contributed by atoms with Crippen molar-refractivity contribution < 1.29 is 4.79 Å². The standard InChI is InChI=1S/C11H11ClN2O/c1-2-3-4-5-11(15)14-9-6-7-13-10(12)8-9/h2-8H,1H3,(H,13,14,15). The molecule has 3 nitrogen and oxygen atoms in total. The van der Waals surface area contributed by atoms with E-state index in [9.17, 15) is 4.79 Å². The van der Waals surface area contributed by atoms with Gasteiger partial charge in [0.2, 0.25) is 5.91 Å². The largest absolute Gasteiger partial charge is 0.322 e. The summed E-state index contributed by atoms with van der Waals surface area (Å²) in [4.78, 5) is 15.1. The first-order valence-corrected chi connectivity index (χ1v) is 4.82. The molecule has 4 heteroatoms. The lowest BCUT2D eigenvalue weighted by molar-refractivity contribution is -0.111. The molecule has 0 aliphatic carbocycles. The van der Waals surface area contributed by atoms with Gasteiger partial charge in [-0.15, -0.1) is 0 Å². The number of rotatable bonds is 3. The van der Waals surface area contributed by atoms with Crippen LogP contribution in [0.4, 0.5) is 5.69 Å². The Morgan fingerprint density at radius 2 is 2.33 bits per heavy atom. The van der Waals surface area contributed by atoms with Gasteiger partial charge < -0.3 is 5.32 Å². The first-order valence-electron chi connectivity index (χ1n) is 4.44. The summed E-state index contributed by atoms with van der Waals surface area (Å²) in [7, 11) is 0. The number of nitrogens with zero attached hydrogens (tertiary/aromatic N) is 1. The molecule has 0 aromatic carbocycles. The van der Waals surface area contributed by atoms with Crippen molar-refractivity contribution in [3.8, 4) is 0 Å². The molecule has 0 saturated carbocycles. The second-order valence-corrected chi connectivity index (χ2v) is 3.13. The summed E-state index contributed by atoms with van der Waals surface area (Å²) in [5.41, 5.74) is 0.630. The van der Waals surface area contributed by atoms with Gasteiger partial charge in [0, 0.05) is 18.0 Å². The van der Waals surface area contributed by atoms with Gasteiger partial charge in [-0.05, 0) is 19.1 Å². The lowest BCUT2D eigenvalue weighted by atomic mass is 10.4. The van der Waals surface area contributed by atoms with Crippen LogP contribution in [0.15, 0.2) is 42.6 Å². The second kappa shape index (κ2) is 5.98. The number of nitrogens with one attached hydrogen (secondary N) is 1. The lowest BCUT2D eigenvalue weighted by Gasteiger charge is -2.00. The third-order valence-corrected chi connectivity index (χ3v) is 1.75. The van der Waals surface area contributed by atoms with Crippen molar-refractivity contribution in [2.75, 3.05) is 5.32 Å². The summed E-state index contributed by atoms with van der Waals surface area (Å²) in [6.07, 6.45) is 8.26. The molecule has 15 heavy (non-hydrogen) atoms. The van der Waals surface area contributed by atoms with Crippen LogP contribution in [0.1, 0.15) is 6.92 Å². The Hall–Kier alpha value is -1.61. The fourth-order valence-electron chi connectivity index (χ4n) is 0.918. The molecular weight excluding hydrogens is 212 g/mol. The van der Waals surface area contributed by atoms with Crippen LogP contribution in [0.25, 0.3) is 0 Å². The lowest BCUT2D eigenvalue weighted by Crippen LogP contribution is -2.07. The zero-order chi connectivity index (χ0) is 11.1. The van der Waals surface area contributed by atoms with E-state index in [4.69, 9.17) is 11.6 Å². The molecule has 78 valence electrons. The second-order valence-electron chi connectivity index (χ2n) is 2.74. The fraction of sp³-hybridized carbons (Fsp3) is 0.0909. The Labute approximate surface area is 93.5 Å². The van der Waals surface area contributed by atoms with Crippen LogP contribution in [0, 0.1) is 0 Å². The highest BCUT2D eigenvalue weighted by Crippen LogP contribution is 2.11. The zero-order valence-corrected chi connectivity index (χ0v) is 9.03. The Morgan fingerprint density at radius 3 is 3.00 bits per heavy atom. The van der Waals surface area contributed by atoms with Gasteiger partial charge in [0.1, 0.15) is 5.15 Å². The number of amides is 1. The SMILES string of the molecule is CC=CC=CC(=O)Nc1ccnc(Cl)c1. The maximum absolute atomic E-state index is 11.3. The average Bonchev–Trinajstić information content (AvgIpc) is 2.18. The summed E-state index contributed by atoms with van der Waals surface area (Å²) < 4.78 is 0. The summed E-state index contributed by atoms with van der Waals surface area (Å²) in [6.45, 7) is 1.88. The van der Waals surface area contributed by atoms with Crippen LogP contribution in [-0.4, -0.2) is 10.9 Å². The highest BCUT2D eigenvalue weighted by atomic mass is 35.5. The topological polar surface area (TPSA) is 42.0 Å². The minimum absolute atomic E-state index is 0.199. The molecule has 1 heterocycles. The predicted octanol–water partition coefficient (Wildman–Crippen LogP) is 2.81. The molecule has 0 atom stereocenters. The number of halogens is 1. The highest BCUT2D eigenvalue weighted by Gasteiger charge is 1.97. The van der Waals surface area contributed by atoms with Crippen molar-refractivity contribution in [2.45, 2.75) is 6.92 Å². The van der Waals surface area contributed by atoms with Gasteiger partial charge in [0.25, 0.3) is 0 Å². The number of hydrogen-bond acceptors (Lipinski definition) is 2. The van der Waals surface area contributed by atoms with Gasteiger partial charge in [-0.1, -0.05) is 29.8 Å². The summed E-state index contributed by atoms with van der Waals surface area (Å²) in [5.74, 6) is -0.199. The molecule has 0 bridgehead atoms. The maximum Gasteiger partial charge on any atom is 0.248 e. The van der Waals surface area contributed by atoms with E-state index in [-0.39, 0.29) is 5.91 Å². The Kier molecular flexibility index (Phi) is 4.57. The van der Waals surface area contributed by atoms with Gasteiger partial charge in [0.15, 0.2) is 0 Å². The molecule has 0 radical (unpaired) electrons. The molecule has 0 spiro atoms. The average molecular weight is 223 g/mol. The van der Waals surface area contributed by atoms with Gasteiger partial charge in [-0.3, -0.25) is 4.79 Å². The van der Waals surface area contributed by atoms with Crippen LogP contribution in [0.2, 0.25) is 5.15 Å². The molecule has 0 saturated heterocycles. The van der Waals surface area contributed by atoms with Crippen molar-refractivity contribution in [3.63, 3.8) is 0 Å². The predicted molar refractivity (Wildman–Crippen MR) is 61.8 cm³/mol. The number of pyridine rings is 1. The van der Waals surface area contributed by atoms with E-state index >= 15 is 0 Å². The first kappa shape index (κ1) is 11.5. The number of carbonyl (C=O) groups excluding carboxylic acids is 1. The van der Waals surface area contributed by atoms with Crippen LogP contribution in [0.5, 0.6) is 0 Å². The molecule has 0 aliphatic rings. The third kappa shape index (κ3) is 4.42. The number of hydrogen-bond donors (Lipinski definition) is 1. The van der Waals surface area contributed by atoms with Crippen LogP contribution in [0.3, 0.4) is 0 Å². The number of allylic oxidation sites excluding steroid dienone is 3. The summed E-state index contributed by atoms with van der Waals surface area (Å²) in [5, 5.41) is 3.01. The molecule has 0 unspecified atom stereocenters. The molecule has 1 amide bonds. The smallest absolute Gasteiger partial charge is 0.248 e. The van der Waals surface area contributed by atoms with E-state index in [0.717, 1.165) is 0 Å². The summed E-state index contributed by atoms with van der Waals surface area (Å²) in [6, 6.07) is 3.26. The minimum Gasteiger partial charge on any atom is -0.322 e. The van der Waals surface area contributed by atoms with Crippen molar-refractivity contribution in [2.24, 2.45) is 0 Å². The molecular formula is C11H11ClN2O. The summed E-state index contributed by atoms with van der Waals surface area (Å²) >= 11 is 5.66. The number of aromatic nitrogens is 1. The molecule has 1 N–H and O–H groups in total. The minimum atomic E-state index is -0.199. The quantitative estimate of drug-likeness (QED) is 0.486. The van der Waals surface area contributed by atoms with E-state index in [2.05, 4.69) is 10.3 Å². The van der Waals surface area contributed by atoms with Crippen LogP contribution < -0.4 is 5.32 Å². The van der Waals surface area contributed by atoms with Gasteiger partial charge in [-0.2, -0.15) is 0 Å². The molecule has 0 fully saturated rings. The van der Waals surface area contributed by atoms with Crippen molar-refractivity contribution in [3.05, 3.63) is 47.8 Å². The van der Waals surface area contributed by atoms with E-state index in [0.29, 0.717) is 10.8 Å². The Morgan fingerprint density at radius 1 is 1.53 bits per heavy atom. The van der Waals surface area contributed by atoms with Crippen molar-refractivity contribution in [1.29, 1.82) is 0 Å². The van der Waals surface area contributed by atoms with Gasteiger partial charge >= 0.3 is 0 Å². The van der Waals surface area contributed by atoms with E-state index in [1.54, 1.807) is 24.3 Å². The normalized spacial score (nSPS) is 11.1. The first-order chi connectivity index (χ1) is 7.22. The van der Waals surface area contributed by atoms with E-state index in [1.165, 1.54) is 12.3 Å². The van der Waals surface area contributed by atoms with Gasteiger partial charge in [0.05, 0.1) is 0 Å². The van der Waals surface area contributed by atoms with E-state index in [1.807, 2.05) is 13.0 Å². The third-order valence-electron chi connectivity index (χ3n) is 1.55.